The van der Waals surface area contributed by atoms with E-state index < -0.39 is 6.10 Å². The highest BCUT2D eigenvalue weighted by molar-refractivity contribution is 8.14. The average Bonchev–Trinajstić information content (AvgIpc) is 2.48. The van der Waals surface area contributed by atoms with Crippen LogP contribution >= 0.6 is 11.8 Å². The van der Waals surface area contributed by atoms with Crippen molar-refractivity contribution < 1.29 is 14.7 Å². The van der Waals surface area contributed by atoms with Gasteiger partial charge in [-0.3, -0.25) is 14.5 Å². The first-order valence-corrected chi connectivity index (χ1v) is 5.56. The number of nitrogens with one attached hydrogen (secondary N) is 1. The molecule has 2 unspecified atom stereocenters. The number of aliphatic hydroxyl groups excluding tert-OH is 1. The predicted octanol–water partition coefficient (Wildman–Crippen LogP) is -0.595. The molecule has 2 rings (SSSR count). The smallest absolute Gasteiger partial charge is 0.289 e. The number of carbonyl (C=O) groups is 2. The zero-order chi connectivity index (χ0) is 10.1. The molecule has 0 radical (unpaired) electrons. The highest BCUT2D eigenvalue weighted by atomic mass is 32.2. The van der Waals surface area contributed by atoms with Gasteiger partial charge in [-0.05, 0) is 13.0 Å². The largest absolute Gasteiger partial charge is 0.390 e. The summed E-state index contributed by atoms with van der Waals surface area (Å²) in [6.07, 6.45) is 0.00880. The van der Waals surface area contributed by atoms with Crippen LogP contribution in [0, 0.1) is 0 Å². The lowest BCUT2D eigenvalue weighted by Gasteiger charge is -2.33. The van der Waals surface area contributed by atoms with E-state index in [9.17, 15) is 14.7 Å². The number of nitrogens with zero attached hydrogens (tertiary/aromatic N) is 1. The lowest BCUT2D eigenvalue weighted by atomic mass is 10.0. The second-order valence-corrected chi connectivity index (χ2v) is 4.37. The number of thioether (sulfide) groups is 1. The summed E-state index contributed by atoms with van der Waals surface area (Å²) in [5, 5.41) is 12.4. The fraction of sp³-hybridized carbons (Fsp3) is 0.750. The standard InChI is InChI=1S/C8H12N2O3S/c11-6-3-9-2-1-5(6)10-7(12)4-14-8(10)13/h5-6,9,11H,1-4H2. The number of amides is 2. The van der Waals surface area contributed by atoms with Gasteiger partial charge in [0, 0.05) is 6.54 Å². The van der Waals surface area contributed by atoms with Crippen molar-refractivity contribution in [2.24, 2.45) is 0 Å². The third kappa shape index (κ3) is 1.65. The van der Waals surface area contributed by atoms with Gasteiger partial charge in [0.1, 0.15) is 0 Å². The number of hydrogen-bond acceptors (Lipinski definition) is 5. The van der Waals surface area contributed by atoms with E-state index in [1.165, 1.54) is 4.90 Å². The van der Waals surface area contributed by atoms with Gasteiger partial charge in [0.05, 0.1) is 17.9 Å². The van der Waals surface area contributed by atoms with Crippen molar-refractivity contribution in [1.82, 2.24) is 10.2 Å². The van der Waals surface area contributed by atoms with Crippen molar-refractivity contribution in [1.29, 1.82) is 0 Å². The van der Waals surface area contributed by atoms with Crippen LogP contribution in [0.1, 0.15) is 6.42 Å². The van der Waals surface area contributed by atoms with Crippen LogP contribution in [-0.2, 0) is 4.79 Å². The Morgan fingerprint density at radius 2 is 2.29 bits per heavy atom. The topological polar surface area (TPSA) is 69.6 Å². The molecule has 2 amide bonds. The predicted molar refractivity (Wildman–Crippen MR) is 52.0 cm³/mol. The minimum absolute atomic E-state index is 0.175. The molecule has 2 atom stereocenters. The van der Waals surface area contributed by atoms with E-state index in [2.05, 4.69) is 5.32 Å². The zero-order valence-corrected chi connectivity index (χ0v) is 8.42. The van der Waals surface area contributed by atoms with Crippen molar-refractivity contribution >= 4 is 22.9 Å². The number of β-amino-alcohol motifs (C(OH)–C–C–N with tert-alkyl or cyclic N) is 1. The van der Waals surface area contributed by atoms with E-state index in [0.29, 0.717) is 13.0 Å². The summed E-state index contributed by atoms with van der Waals surface area (Å²) in [6, 6.07) is -0.328. The third-order valence-corrected chi connectivity index (χ3v) is 3.37. The van der Waals surface area contributed by atoms with Crippen molar-refractivity contribution in [3.63, 3.8) is 0 Å². The third-order valence-electron chi connectivity index (χ3n) is 2.53. The minimum atomic E-state index is -0.629. The summed E-state index contributed by atoms with van der Waals surface area (Å²) in [7, 11) is 0. The van der Waals surface area contributed by atoms with Crippen LogP contribution in [0.5, 0.6) is 0 Å². The Morgan fingerprint density at radius 3 is 2.86 bits per heavy atom. The van der Waals surface area contributed by atoms with Gasteiger partial charge in [-0.1, -0.05) is 11.8 Å². The summed E-state index contributed by atoms with van der Waals surface area (Å²) >= 11 is 1.02. The van der Waals surface area contributed by atoms with Crippen molar-refractivity contribution in [3.05, 3.63) is 0 Å². The van der Waals surface area contributed by atoms with E-state index in [1.807, 2.05) is 0 Å². The molecule has 2 aliphatic heterocycles. The number of hydrogen-bond donors (Lipinski definition) is 2. The normalized spacial score (nSPS) is 33.9. The number of imide groups is 1. The minimum Gasteiger partial charge on any atom is -0.390 e. The molecule has 0 aromatic heterocycles. The van der Waals surface area contributed by atoms with Gasteiger partial charge in [-0.15, -0.1) is 0 Å². The van der Waals surface area contributed by atoms with E-state index >= 15 is 0 Å². The van der Waals surface area contributed by atoms with E-state index in [0.717, 1.165) is 18.3 Å². The van der Waals surface area contributed by atoms with Gasteiger partial charge in [0.15, 0.2) is 0 Å². The van der Waals surface area contributed by atoms with Gasteiger partial charge in [-0.2, -0.15) is 0 Å². The first-order chi connectivity index (χ1) is 6.70. The van der Waals surface area contributed by atoms with E-state index in [4.69, 9.17) is 0 Å². The van der Waals surface area contributed by atoms with Crippen LogP contribution in [0.3, 0.4) is 0 Å². The second kappa shape index (κ2) is 3.88. The molecule has 2 saturated heterocycles. The first-order valence-electron chi connectivity index (χ1n) is 4.58. The lowest BCUT2D eigenvalue weighted by molar-refractivity contribution is -0.128. The first kappa shape index (κ1) is 9.95. The fourth-order valence-electron chi connectivity index (χ4n) is 1.81. The lowest BCUT2D eigenvalue weighted by Crippen LogP contribution is -2.54. The molecule has 0 spiro atoms. The second-order valence-electron chi connectivity index (χ2n) is 3.45. The highest BCUT2D eigenvalue weighted by Crippen LogP contribution is 2.25. The van der Waals surface area contributed by atoms with Gasteiger partial charge in [0.2, 0.25) is 5.91 Å². The summed E-state index contributed by atoms with van der Waals surface area (Å²) < 4.78 is 0. The Kier molecular flexibility index (Phi) is 2.76. The van der Waals surface area contributed by atoms with Crippen molar-refractivity contribution in [2.45, 2.75) is 18.6 Å². The Labute approximate surface area is 85.8 Å². The van der Waals surface area contributed by atoms with Gasteiger partial charge in [0.25, 0.3) is 5.24 Å². The molecule has 14 heavy (non-hydrogen) atoms. The maximum Gasteiger partial charge on any atom is 0.289 e. The van der Waals surface area contributed by atoms with Gasteiger partial charge in [-0.25, -0.2) is 0 Å². The number of rotatable bonds is 1. The molecule has 5 nitrogen and oxygen atoms in total. The van der Waals surface area contributed by atoms with Crippen LogP contribution in [0.2, 0.25) is 0 Å². The summed E-state index contributed by atoms with van der Waals surface area (Å²) in [5.41, 5.74) is 0. The van der Waals surface area contributed by atoms with Gasteiger partial charge < -0.3 is 10.4 Å². The molecular weight excluding hydrogens is 204 g/mol. The Balaban J connectivity index is 2.12. The Hall–Kier alpha value is -0.590. The quantitative estimate of drug-likeness (QED) is 0.613. The van der Waals surface area contributed by atoms with E-state index in [-0.39, 0.29) is 22.9 Å². The van der Waals surface area contributed by atoms with Gasteiger partial charge >= 0.3 is 0 Å². The Bertz CT molecular complexity index is 255. The van der Waals surface area contributed by atoms with Crippen LogP contribution < -0.4 is 5.32 Å². The van der Waals surface area contributed by atoms with Crippen LogP contribution in [0.25, 0.3) is 0 Å². The van der Waals surface area contributed by atoms with Crippen LogP contribution in [0.4, 0.5) is 4.79 Å². The highest BCUT2D eigenvalue weighted by Gasteiger charge is 2.39. The monoisotopic (exact) mass is 216 g/mol. The average molecular weight is 216 g/mol. The SMILES string of the molecule is O=C1CSC(=O)N1C1CCNCC1O. The van der Waals surface area contributed by atoms with Crippen LogP contribution in [-0.4, -0.2) is 52.1 Å². The molecule has 2 aliphatic rings. The summed E-state index contributed by atoms with van der Waals surface area (Å²) in [5.74, 6) is 0.0427. The Morgan fingerprint density at radius 1 is 1.50 bits per heavy atom. The van der Waals surface area contributed by atoms with Crippen molar-refractivity contribution in [2.75, 3.05) is 18.8 Å². The molecule has 2 heterocycles. The number of carbonyl (C=O) groups excluding carboxylic acids is 2. The molecule has 0 aromatic carbocycles. The number of aliphatic hydroxyl groups is 1. The molecule has 2 fully saturated rings. The summed E-state index contributed by atoms with van der Waals surface area (Å²) in [6.45, 7) is 1.19. The van der Waals surface area contributed by atoms with E-state index in [1.54, 1.807) is 0 Å². The number of piperidine rings is 1. The molecule has 78 valence electrons. The molecule has 6 heteroatoms. The fourth-order valence-corrected chi connectivity index (χ4v) is 2.58. The molecule has 0 aliphatic carbocycles. The molecular formula is C8H12N2O3S. The molecule has 0 aromatic rings. The summed E-state index contributed by atoms with van der Waals surface area (Å²) in [4.78, 5) is 24.0. The maximum atomic E-state index is 11.4. The zero-order valence-electron chi connectivity index (χ0n) is 7.60. The van der Waals surface area contributed by atoms with Crippen molar-refractivity contribution in [3.8, 4) is 0 Å². The van der Waals surface area contributed by atoms with Crippen LogP contribution in [0.15, 0.2) is 0 Å². The molecule has 2 N–H and O–H groups in total. The molecule has 0 bridgehead atoms. The molecule has 0 saturated carbocycles. The maximum absolute atomic E-state index is 11.4.